The van der Waals surface area contributed by atoms with E-state index in [0.29, 0.717) is 0 Å². The topological polar surface area (TPSA) is 12.0 Å². The second-order valence-corrected chi connectivity index (χ2v) is 4.21. The molecule has 1 N–H and O–H groups in total. The predicted octanol–water partition coefficient (Wildman–Crippen LogP) is 3.33. The highest BCUT2D eigenvalue weighted by Crippen LogP contribution is 2.25. The van der Waals surface area contributed by atoms with Gasteiger partial charge in [-0.1, -0.05) is 24.8 Å². The van der Waals surface area contributed by atoms with E-state index >= 15 is 0 Å². The van der Waals surface area contributed by atoms with Crippen LogP contribution < -0.4 is 5.32 Å². The van der Waals surface area contributed by atoms with E-state index < -0.39 is 0 Å². The first kappa shape index (κ1) is 10.8. The van der Waals surface area contributed by atoms with Gasteiger partial charge in [0.1, 0.15) is 0 Å². The SMILES string of the molecule is C=CC1=C(/C=C\C)C(C)=CC(C)(C)N1. The molecule has 0 aromatic rings. The quantitative estimate of drug-likeness (QED) is 0.702. The van der Waals surface area contributed by atoms with Gasteiger partial charge in [-0.05, 0) is 44.9 Å². The molecule has 0 spiro atoms. The Morgan fingerprint density at radius 1 is 1.43 bits per heavy atom. The molecule has 0 unspecified atom stereocenters. The Morgan fingerprint density at radius 2 is 2.07 bits per heavy atom. The third-order valence-electron chi connectivity index (χ3n) is 2.29. The fourth-order valence-electron chi connectivity index (χ4n) is 1.83. The molecule has 1 nitrogen and oxygen atoms in total. The summed E-state index contributed by atoms with van der Waals surface area (Å²) < 4.78 is 0. The molecule has 0 fully saturated rings. The molecule has 1 heterocycles. The van der Waals surface area contributed by atoms with Crippen molar-refractivity contribution < 1.29 is 0 Å². The largest absolute Gasteiger partial charge is 0.376 e. The van der Waals surface area contributed by atoms with Gasteiger partial charge in [0.15, 0.2) is 0 Å². The average Bonchev–Trinajstić information content (AvgIpc) is 2.08. The number of nitrogens with one attached hydrogen (secondary N) is 1. The van der Waals surface area contributed by atoms with Crippen molar-refractivity contribution >= 4 is 0 Å². The van der Waals surface area contributed by atoms with Gasteiger partial charge in [0, 0.05) is 5.70 Å². The fourth-order valence-corrected chi connectivity index (χ4v) is 1.83. The number of hydrogen-bond acceptors (Lipinski definition) is 1. The highest BCUT2D eigenvalue weighted by Gasteiger charge is 2.21. The van der Waals surface area contributed by atoms with Crippen LogP contribution >= 0.6 is 0 Å². The van der Waals surface area contributed by atoms with Gasteiger partial charge in [-0.3, -0.25) is 0 Å². The Morgan fingerprint density at radius 3 is 2.57 bits per heavy atom. The average molecular weight is 189 g/mol. The summed E-state index contributed by atoms with van der Waals surface area (Å²) in [5.41, 5.74) is 3.69. The predicted molar refractivity (Wildman–Crippen MR) is 63.0 cm³/mol. The molecule has 0 aliphatic carbocycles. The molecule has 0 bridgehead atoms. The van der Waals surface area contributed by atoms with Crippen molar-refractivity contribution in [3.8, 4) is 0 Å². The van der Waals surface area contributed by atoms with Crippen LogP contribution in [-0.2, 0) is 0 Å². The smallest absolute Gasteiger partial charge is 0.0505 e. The monoisotopic (exact) mass is 189 g/mol. The van der Waals surface area contributed by atoms with E-state index in [1.165, 1.54) is 11.1 Å². The second-order valence-electron chi connectivity index (χ2n) is 4.21. The maximum atomic E-state index is 3.84. The van der Waals surface area contributed by atoms with E-state index in [0.717, 1.165) is 5.70 Å². The first-order chi connectivity index (χ1) is 6.50. The molecule has 0 radical (unpaired) electrons. The Hall–Kier alpha value is -1.24. The lowest BCUT2D eigenvalue weighted by molar-refractivity contribution is 0.525. The highest BCUT2D eigenvalue weighted by atomic mass is 15.0. The molecule has 76 valence electrons. The lowest BCUT2D eigenvalue weighted by Crippen LogP contribution is -2.39. The van der Waals surface area contributed by atoms with Crippen LogP contribution in [-0.4, -0.2) is 5.54 Å². The minimum absolute atomic E-state index is 0.0265. The van der Waals surface area contributed by atoms with Crippen LogP contribution in [0.3, 0.4) is 0 Å². The molecule has 1 rings (SSSR count). The molecule has 1 aliphatic rings. The van der Waals surface area contributed by atoms with Gasteiger partial charge in [-0.2, -0.15) is 0 Å². The van der Waals surface area contributed by atoms with Crippen molar-refractivity contribution in [1.82, 2.24) is 5.32 Å². The van der Waals surface area contributed by atoms with Gasteiger partial charge in [-0.15, -0.1) is 0 Å². The summed E-state index contributed by atoms with van der Waals surface area (Å²) in [7, 11) is 0. The first-order valence-corrected chi connectivity index (χ1v) is 4.97. The summed E-state index contributed by atoms with van der Waals surface area (Å²) in [6.07, 6.45) is 8.30. The van der Waals surface area contributed by atoms with E-state index in [2.05, 4.69) is 50.9 Å². The maximum Gasteiger partial charge on any atom is 0.0505 e. The van der Waals surface area contributed by atoms with E-state index in [9.17, 15) is 0 Å². The Bertz CT molecular complexity index is 327. The van der Waals surface area contributed by atoms with Gasteiger partial charge >= 0.3 is 0 Å². The van der Waals surface area contributed by atoms with E-state index in [1.807, 2.05) is 13.0 Å². The van der Waals surface area contributed by atoms with Crippen molar-refractivity contribution in [2.45, 2.75) is 33.2 Å². The molecule has 0 amide bonds. The number of hydrogen-bond donors (Lipinski definition) is 1. The van der Waals surface area contributed by atoms with Crippen molar-refractivity contribution in [2.75, 3.05) is 0 Å². The van der Waals surface area contributed by atoms with Gasteiger partial charge in [0.2, 0.25) is 0 Å². The molecular weight excluding hydrogens is 170 g/mol. The summed E-state index contributed by atoms with van der Waals surface area (Å²) in [5.74, 6) is 0. The minimum Gasteiger partial charge on any atom is -0.376 e. The maximum absolute atomic E-state index is 3.84. The standard InChI is InChI=1S/C13H19N/c1-6-8-11-10(3)9-13(4,5)14-12(11)7-2/h6-9,14H,2H2,1,3-5H3/b8-6-. The summed E-state index contributed by atoms with van der Waals surface area (Å²) in [4.78, 5) is 0. The molecule has 0 aromatic heterocycles. The highest BCUT2D eigenvalue weighted by molar-refractivity contribution is 5.49. The van der Waals surface area contributed by atoms with Crippen molar-refractivity contribution in [1.29, 1.82) is 0 Å². The Kier molecular flexibility index (Phi) is 3.00. The first-order valence-electron chi connectivity index (χ1n) is 4.97. The summed E-state index contributed by atoms with van der Waals surface area (Å²) in [6.45, 7) is 12.3. The lowest BCUT2D eigenvalue weighted by Gasteiger charge is -2.31. The summed E-state index contributed by atoms with van der Waals surface area (Å²) in [5, 5.41) is 3.44. The molecule has 0 aromatic carbocycles. The third-order valence-corrected chi connectivity index (χ3v) is 2.29. The van der Waals surface area contributed by atoms with E-state index in [-0.39, 0.29) is 5.54 Å². The molecule has 0 saturated carbocycles. The molecule has 0 saturated heterocycles. The molecular formula is C13H19N. The zero-order chi connectivity index (χ0) is 10.8. The van der Waals surface area contributed by atoms with Crippen LogP contribution in [0.5, 0.6) is 0 Å². The normalized spacial score (nSPS) is 20.7. The minimum atomic E-state index is 0.0265. The van der Waals surface area contributed by atoms with Crippen LogP contribution in [0.1, 0.15) is 27.7 Å². The van der Waals surface area contributed by atoms with Crippen LogP contribution in [0.4, 0.5) is 0 Å². The van der Waals surface area contributed by atoms with Gasteiger partial charge < -0.3 is 5.32 Å². The zero-order valence-electron chi connectivity index (χ0n) is 9.52. The number of rotatable bonds is 2. The lowest BCUT2D eigenvalue weighted by atomic mass is 9.91. The zero-order valence-corrected chi connectivity index (χ0v) is 9.52. The number of allylic oxidation sites excluding steroid dienone is 5. The Balaban J connectivity index is 3.18. The summed E-state index contributed by atoms with van der Waals surface area (Å²) in [6, 6.07) is 0. The summed E-state index contributed by atoms with van der Waals surface area (Å²) >= 11 is 0. The van der Waals surface area contributed by atoms with E-state index in [4.69, 9.17) is 0 Å². The van der Waals surface area contributed by atoms with E-state index in [1.54, 1.807) is 0 Å². The second kappa shape index (κ2) is 3.87. The van der Waals surface area contributed by atoms with Gasteiger partial charge in [-0.25, -0.2) is 0 Å². The fraction of sp³-hybridized carbons (Fsp3) is 0.385. The van der Waals surface area contributed by atoms with Crippen LogP contribution in [0.25, 0.3) is 0 Å². The van der Waals surface area contributed by atoms with Gasteiger partial charge in [0.05, 0.1) is 5.54 Å². The van der Waals surface area contributed by atoms with Crippen molar-refractivity contribution in [3.05, 3.63) is 47.7 Å². The molecule has 0 atom stereocenters. The van der Waals surface area contributed by atoms with Crippen molar-refractivity contribution in [3.63, 3.8) is 0 Å². The van der Waals surface area contributed by atoms with Crippen LogP contribution in [0, 0.1) is 0 Å². The van der Waals surface area contributed by atoms with Crippen molar-refractivity contribution in [2.24, 2.45) is 0 Å². The van der Waals surface area contributed by atoms with Crippen LogP contribution in [0.2, 0.25) is 0 Å². The Labute approximate surface area is 86.9 Å². The molecule has 1 aliphatic heterocycles. The third kappa shape index (κ3) is 2.16. The number of dihydropyridines is 1. The molecule has 1 heteroatoms. The van der Waals surface area contributed by atoms with Gasteiger partial charge in [0.25, 0.3) is 0 Å². The van der Waals surface area contributed by atoms with Crippen LogP contribution in [0.15, 0.2) is 47.7 Å². The molecule has 14 heavy (non-hydrogen) atoms.